The van der Waals surface area contributed by atoms with Crippen LogP contribution in [0.1, 0.15) is 42.5 Å². The highest BCUT2D eigenvalue weighted by Crippen LogP contribution is 2.35. The van der Waals surface area contributed by atoms with Gasteiger partial charge in [0.2, 0.25) is 6.41 Å². The Balaban J connectivity index is 0.000000192. The average Bonchev–Trinajstić information content (AvgIpc) is 3.36. The number of fused-ring (bicyclic) bond motifs is 2. The van der Waals surface area contributed by atoms with Gasteiger partial charge in [0.1, 0.15) is 5.82 Å². The highest BCUT2D eigenvalue weighted by Gasteiger charge is 2.42. The predicted octanol–water partition coefficient (Wildman–Crippen LogP) is 4.98. The predicted molar refractivity (Wildman–Crippen MR) is 127 cm³/mol. The Hall–Kier alpha value is -2.65. The van der Waals surface area contributed by atoms with Crippen molar-refractivity contribution in [2.75, 3.05) is 5.32 Å². The molecule has 1 amide bonds. The molecule has 2 bridgehead atoms. The molecule has 2 N–H and O–H groups in total. The van der Waals surface area contributed by atoms with Crippen LogP contribution < -0.4 is 5.32 Å². The monoisotopic (exact) mass is 454 g/mol. The van der Waals surface area contributed by atoms with Gasteiger partial charge >= 0.3 is 0 Å². The van der Waals surface area contributed by atoms with Crippen LogP contribution in [0.5, 0.6) is 0 Å². The first-order chi connectivity index (χ1) is 15.0. The molecule has 3 aromatic rings. The SMILES string of the molecule is CCc1nc(C)c(-c2csc(Nc3ccc(C)cn3)n2)s1.N=C1C[C@@H]2C[C@H](C1)N2C=O. The van der Waals surface area contributed by atoms with Gasteiger partial charge in [-0.1, -0.05) is 13.0 Å². The molecule has 1 saturated carbocycles. The zero-order chi connectivity index (χ0) is 22.0. The summed E-state index contributed by atoms with van der Waals surface area (Å²) in [7, 11) is 0. The number of nitrogens with zero attached hydrogens (tertiary/aromatic N) is 4. The van der Waals surface area contributed by atoms with E-state index in [2.05, 4.69) is 32.6 Å². The minimum absolute atomic E-state index is 0.378. The van der Waals surface area contributed by atoms with Crippen LogP contribution in [0.3, 0.4) is 0 Å². The number of aromatic nitrogens is 3. The van der Waals surface area contributed by atoms with Gasteiger partial charge in [-0.3, -0.25) is 4.79 Å². The largest absolute Gasteiger partial charge is 0.338 e. The molecule has 0 aromatic carbocycles. The molecule has 0 radical (unpaired) electrons. The molecule has 2 atom stereocenters. The molecule has 31 heavy (non-hydrogen) atoms. The third-order valence-electron chi connectivity index (χ3n) is 5.50. The van der Waals surface area contributed by atoms with Crippen molar-refractivity contribution in [1.82, 2.24) is 19.9 Å². The molecule has 162 valence electrons. The number of aryl methyl sites for hydroxylation is 3. The van der Waals surface area contributed by atoms with Crippen molar-refractivity contribution in [3.05, 3.63) is 40.0 Å². The number of amides is 1. The summed E-state index contributed by atoms with van der Waals surface area (Å²) in [5.41, 5.74) is 4.01. The zero-order valence-corrected chi connectivity index (χ0v) is 19.5. The number of carbonyl (C=O) groups excluding carboxylic acids is 1. The Kier molecular flexibility index (Phi) is 6.43. The van der Waals surface area contributed by atoms with Crippen molar-refractivity contribution in [1.29, 1.82) is 5.41 Å². The number of carbonyl (C=O) groups is 1. The fourth-order valence-electron chi connectivity index (χ4n) is 3.85. The number of hydrogen-bond donors (Lipinski definition) is 2. The van der Waals surface area contributed by atoms with Crippen LogP contribution in [0.4, 0.5) is 10.9 Å². The fourth-order valence-corrected chi connectivity index (χ4v) is 5.60. The molecular weight excluding hydrogens is 428 g/mol. The maximum atomic E-state index is 10.4. The number of thiazole rings is 2. The Bertz CT molecular complexity index is 1060. The van der Waals surface area contributed by atoms with Gasteiger partial charge in [0, 0.05) is 42.2 Å². The van der Waals surface area contributed by atoms with Crippen LogP contribution in [0, 0.1) is 19.3 Å². The van der Waals surface area contributed by atoms with Gasteiger partial charge in [-0.25, -0.2) is 15.0 Å². The lowest BCUT2D eigenvalue weighted by molar-refractivity contribution is -0.130. The molecule has 0 spiro atoms. The maximum absolute atomic E-state index is 10.4. The number of rotatable bonds is 5. The maximum Gasteiger partial charge on any atom is 0.210 e. The summed E-state index contributed by atoms with van der Waals surface area (Å²) in [6.07, 6.45) is 6.49. The van der Waals surface area contributed by atoms with Crippen LogP contribution in [0.25, 0.3) is 10.6 Å². The Morgan fingerprint density at radius 2 is 2.03 bits per heavy atom. The van der Waals surface area contributed by atoms with Gasteiger partial charge in [-0.05, 0) is 38.3 Å². The molecule has 3 aliphatic rings. The van der Waals surface area contributed by atoms with Crippen LogP contribution in [-0.2, 0) is 11.2 Å². The number of nitrogens with one attached hydrogen (secondary N) is 2. The molecular formula is C22H26N6OS2. The second kappa shape index (κ2) is 9.23. The summed E-state index contributed by atoms with van der Waals surface area (Å²) in [6.45, 7) is 6.19. The van der Waals surface area contributed by atoms with E-state index in [-0.39, 0.29) is 0 Å². The molecule has 7 nitrogen and oxygen atoms in total. The summed E-state index contributed by atoms with van der Waals surface area (Å²) < 4.78 is 0. The second-order valence-electron chi connectivity index (χ2n) is 7.87. The zero-order valence-electron chi connectivity index (χ0n) is 17.9. The number of anilines is 2. The van der Waals surface area contributed by atoms with Crippen LogP contribution in [0.2, 0.25) is 0 Å². The molecule has 3 aromatic heterocycles. The molecule has 6 rings (SSSR count). The van der Waals surface area contributed by atoms with Crippen molar-refractivity contribution in [3.63, 3.8) is 0 Å². The molecule has 0 unspecified atom stereocenters. The van der Waals surface area contributed by atoms with Crippen LogP contribution in [-0.4, -0.2) is 44.1 Å². The molecule has 5 heterocycles. The molecule has 2 aliphatic heterocycles. The molecule has 2 saturated heterocycles. The van der Waals surface area contributed by atoms with E-state index in [1.54, 1.807) is 22.7 Å². The summed E-state index contributed by atoms with van der Waals surface area (Å²) >= 11 is 3.31. The first-order valence-electron chi connectivity index (χ1n) is 10.4. The molecule has 9 heteroatoms. The minimum atomic E-state index is 0.378. The molecule has 3 fully saturated rings. The van der Waals surface area contributed by atoms with Crippen molar-refractivity contribution in [3.8, 4) is 10.6 Å². The highest BCUT2D eigenvalue weighted by atomic mass is 32.1. The van der Waals surface area contributed by atoms with E-state index in [0.717, 1.165) is 75.6 Å². The topological polar surface area (TPSA) is 94.9 Å². The lowest BCUT2D eigenvalue weighted by Gasteiger charge is -2.50. The summed E-state index contributed by atoms with van der Waals surface area (Å²) in [4.78, 5) is 26.9. The van der Waals surface area contributed by atoms with E-state index in [1.807, 2.05) is 37.1 Å². The van der Waals surface area contributed by atoms with Crippen molar-refractivity contribution in [2.24, 2.45) is 0 Å². The number of pyridine rings is 1. The van der Waals surface area contributed by atoms with E-state index >= 15 is 0 Å². The van der Waals surface area contributed by atoms with E-state index < -0.39 is 0 Å². The first kappa shape index (κ1) is 21.6. The van der Waals surface area contributed by atoms with Crippen molar-refractivity contribution in [2.45, 2.75) is 58.5 Å². The Morgan fingerprint density at radius 3 is 2.65 bits per heavy atom. The number of piperidine rings is 1. The van der Waals surface area contributed by atoms with E-state index in [1.165, 1.54) is 0 Å². The van der Waals surface area contributed by atoms with E-state index in [4.69, 9.17) is 5.41 Å². The lowest BCUT2D eigenvalue weighted by atomic mass is 9.79. The van der Waals surface area contributed by atoms with Gasteiger partial charge in [-0.2, -0.15) is 0 Å². The standard InChI is InChI=1S/C15H16N4S2.C7H10N2O/c1-4-13-17-10(3)14(21-13)11-8-20-15(18-11)19-12-6-5-9(2)7-16-12;8-5-1-6-3-7(2-5)9(6)4-10/h5-8H,4H2,1-3H3,(H,16,18,19);4,6-8H,1-3H2/t;6-,7+. The van der Waals surface area contributed by atoms with Gasteiger partial charge in [0.15, 0.2) is 5.13 Å². The lowest BCUT2D eigenvalue weighted by Crippen LogP contribution is -2.60. The normalized spacial score (nSPS) is 19.3. The fraction of sp³-hybridized carbons (Fsp3) is 0.409. The van der Waals surface area contributed by atoms with Crippen LogP contribution >= 0.6 is 22.7 Å². The first-order valence-corrected chi connectivity index (χ1v) is 12.1. The van der Waals surface area contributed by atoms with Crippen molar-refractivity contribution >= 4 is 45.7 Å². The third-order valence-corrected chi connectivity index (χ3v) is 7.58. The Morgan fingerprint density at radius 1 is 1.26 bits per heavy atom. The molecule has 1 aliphatic carbocycles. The number of hydrogen-bond acceptors (Lipinski definition) is 8. The second-order valence-corrected chi connectivity index (χ2v) is 9.81. The highest BCUT2D eigenvalue weighted by molar-refractivity contribution is 7.16. The minimum Gasteiger partial charge on any atom is -0.338 e. The average molecular weight is 455 g/mol. The summed E-state index contributed by atoms with van der Waals surface area (Å²) in [5.74, 6) is 0.816. The van der Waals surface area contributed by atoms with E-state index in [0.29, 0.717) is 12.1 Å². The third kappa shape index (κ3) is 4.83. The summed E-state index contributed by atoms with van der Waals surface area (Å²) in [6, 6.07) is 4.75. The quantitative estimate of drug-likeness (QED) is 0.530. The van der Waals surface area contributed by atoms with Gasteiger partial charge in [0.25, 0.3) is 0 Å². The van der Waals surface area contributed by atoms with Gasteiger partial charge in [-0.15, -0.1) is 22.7 Å². The van der Waals surface area contributed by atoms with Gasteiger partial charge in [0.05, 0.1) is 21.3 Å². The smallest absolute Gasteiger partial charge is 0.210 e. The van der Waals surface area contributed by atoms with E-state index in [9.17, 15) is 4.79 Å². The Labute approximate surface area is 190 Å². The summed E-state index contributed by atoms with van der Waals surface area (Å²) in [5, 5.41) is 14.7. The van der Waals surface area contributed by atoms with Gasteiger partial charge < -0.3 is 15.6 Å². The van der Waals surface area contributed by atoms with Crippen LogP contribution in [0.15, 0.2) is 23.7 Å². The van der Waals surface area contributed by atoms with Crippen molar-refractivity contribution < 1.29 is 4.79 Å².